The van der Waals surface area contributed by atoms with Crippen LogP contribution >= 0.6 is 23.5 Å². The Morgan fingerprint density at radius 1 is 1.11 bits per heavy atom. The summed E-state index contributed by atoms with van der Waals surface area (Å²) in [5, 5.41) is 9.59. The quantitative estimate of drug-likeness (QED) is 0.411. The van der Waals surface area contributed by atoms with E-state index in [0.717, 1.165) is 6.42 Å². The van der Waals surface area contributed by atoms with Crippen LogP contribution in [0.2, 0.25) is 5.02 Å². The van der Waals surface area contributed by atoms with Gasteiger partial charge in [0.2, 0.25) is 17.7 Å². The Morgan fingerprint density at radius 2 is 1.77 bits per heavy atom. The largest absolute Gasteiger partial charge is 0.479 e. The number of nitrogens with zero attached hydrogens (tertiary/aromatic N) is 7. The van der Waals surface area contributed by atoms with Crippen molar-refractivity contribution in [3.63, 3.8) is 0 Å². The van der Waals surface area contributed by atoms with E-state index in [-0.39, 0.29) is 22.7 Å². The molecule has 0 aliphatic carbocycles. The average molecular weight is 521 g/mol. The van der Waals surface area contributed by atoms with E-state index in [2.05, 4.69) is 62.6 Å². The Hall–Kier alpha value is -2.70. The van der Waals surface area contributed by atoms with Crippen LogP contribution in [-0.2, 0) is 4.74 Å². The van der Waals surface area contributed by atoms with Crippen molar-refractivity contribution in [1.82, 2.24) is 34.7 Å². The zero-order valence-corrected chi connectivity index (χ0v) is 22.1. The zero-order chi connectivity index (χ0) is 25.2. The maximum Gasteiger partial charge on any atom is 0.245 e. The third-order valence-electron chi connectivity index (χ3n) is 5.92. The van der Waals surface area contributed by atoms with Gasteiger partial charge in [-0.15, -0.1) is 10.2 Å². The van der Waals surface area contributed by atoms with Gasteiger partial charge in [0.25, 0.3) is 0 Å². The summed E-state index contributed by atoms with van der Waals surface area (Å²) in [5.41, 5.74) is 0.264. The first-order valence-corrected chi connectivity index (χ1v) is 12.4. The van der Waals surface area contributed by atoms with Crippen LogP contribution < -0.4 is 14.2 Å². The number of ether oxygens (including phenoxy) is 3. The number of hydrogen-bond donors (Lipinski definition) is 1. The second-order valence-corrected chi connectivity index (χ2v) is 10.5. The molecule has 3 aromatic heterocycles. The first-order valence-electron chi connectivity index (χ1n) is 11.2. The standard InChI is InChI=1S/C22H29ClN8O3S/c1-12(17-24-8-15(23)9-25-17)13(2)35-30-21-29-28-18(14-7-22(3,4)34-10-14)31(21)16-19(32-5)26-11-27-20(16)33-6/h8-9,11-14H,7,10H2,1-6H3,(H,29,30). The highest BCUT2D eigenvalue weighted by molar-refractivity contribution is 8.01. The van der Waals surface area contributed by atoms with E-state index in [9.17, 15) is 0 Å². The van der Waals surface area contributed by atoms with Crippen LogP contribution in [0, 0.1) is 0 Å². The van der Waals surface area contributed by atoms with Crippen LogP contribution in [0.1, 0.15) is 57.6 Å². The van der Waals surface area contributed by atoms with Crippen LogP contribution in [0.4, 0.5) is 5.95 Å². The Bertz CT molecular complexity index is 1140. The minimum Gasteiger partial charge on any atom is -0.479 e. The monoisotopic (exact) mass is 520 g/mol. The van der Waals surface area contributed by atoms with Crippen LogP contribution in [-0.4, -0.2) is 66.4 Å². The Balaban J connectivity index is 1.67. The fourth-order valence-corrected chi connectivity index (χ4v) is 4.75. The highest BCUT2D eigenvalue weighted by atomic mass is 35.5. The SMILES string of the molecule is COc1ncnc(OC)c1-n1c(NSC(C)C(C)c2ncc(Cl)cn2)nnc1C1COC(C)(C)C1. The molecule has 0 saturated carbocycles. The molecule has 11 nitrogen and oxygen atoms in total. The first kappa shape index (κ1) is 25.4. The van der Waals surface area contributed by atoms with E-state index in [1.807, 2.05) is 4.57 Å². The van der Waals surface area contributed by atoms with E-state index < -0.39 is 0 Å². The summed E-state index contributed by atoms with van der Waals surface area (Å²) in [6, 6.07) is 0. The zero-order valence-electron chi connectivity index (χ0n) is 20.5. The molecule has 35 heavy (non-hydrogen) atoms. The molecule has 0 aromatic carbocycles. The third kappa shape index (κ3) is 5.44. The smallest absolute Gasteiger partial charge is 0.245 e. The van der Waals surface area contributed by atoms with Crippen molar-refractivity contribution in [1.29, 1.82) is 0 Å². The summed E-state index contributed by atoms with van der Waals surface area (Å²) < 4.78 is 22.3. The average Bonchev–Trinajstić information content (AvgIpc) is 3.44. The molecule has 1 aliphatic heterocycles. The van der Waals surface area contributed by atoms with Crippen LogP contribution in [0.15, 0.2) is 18.7 Å². The number of rotatable bonds is 9. The lowest BCUT2D eigenvalue weighted by Crippen LogP contribution is -2.18. The van der Waals surface area contributed by atoms with Crippen molar-refractivity contribution in [2.75, 3.05) is 25.5 Å². The molecule has 3 aromatic rings. The molecule has 4 heterocycles. The van der Waals surface area contributed by atoms with Gasteiger partial charge in [0.05, 0.1) is 31.5 Å². The predicted octanol–water partition coefficient (Wildman–Crippen LogP) is 4.05. The van der Waals surface area contributed by atoms with Gasteiger partial charge in [-0.3, -0.25) is 9.29 Å². The molecule has 0 spiro atoms. The number of hydrogen-bond acceptors (Lipinski definition) is 11. The van der Waals surface area contributed by atoms with Crippen molar-refractivity contribution < 1.29 is 14.2 Å². The molecule has 1 saturated heterocycles. The third-order valence-corrected chi connectivity index (χ3v) is 7.20. The van der Waals surface area contributed by atoms with Gasteiger partial charge >= 0.3 is 0 Å². The van der Waals surface area contributed by atoms with Gasteiger partial charge in [-0.2, -0.15) is 9.97 Å². The lowest BCUT2D eigenvalue weighted by molar-refractivity contribution is 0.0360. The van der Waals surface area contributed by atoms with Gasteiger partial charge in [-0.05, 0) is 32.2 Å². The number of anilines is 1. The lowest BCUT2D eigenvalue weighted by atomic mass is 9.97. The molecule has 0 bridgehead atoms. The van der Waals surface area contributed by atoms with Crippen LogP contribution in [0.25, 0.3) is 5.69 Å². The number of halogens is 1. The molecule has 1 fully saturated rings. The highest BCUT2D eigenvalue weighted by Crippen LogP contribution is 2.40. The molecule has 1 N–H and O–H groups in total. The molecule has 0 radical (unpaired) electrons. The molecule has 3 unspecified atom stereocenters. The van der Waals surface area contributed by atoms with Gasteiger partial charge in [0.15, 0.2) is 5.69 Å². The van der Waals surface area contributed by atoms with E-state index >= 15 is 0 Å². The van der Waals surface area contributed by atoms with E-state index in [1.165, 1.54) is 18.3 Å². The summed E-state index contributed by atoms with van der Waals surface area (Å²) in [7, 11) is 3.10. The van der Waals surface area contributed by atoms with Gasteiger partial charge in [-0.25, -0.2) is 9.97 Å². The van der Waals surface area contributed by atoms with Crippen LogP contribution in [0.3, 0.4) is 0 Å². The van der Waals surface area contributed by atoms with Gasteiger partial charge in [0.1, 0.15) is 18.0 Å². The minimum atomic E-state index is -0.256. The first-order chi connectivity index (χ1) is 16.7. The molecule has 3 atom stereocenters. The second-order valence-electron chi connectivity index (χ2n) is 8.90. The maximum atomic E-state index is 5.98. The summed E-state index contributed by atoms with van der Waals surface area (Å²) >= 11 is 7.42. The van der Waals surface area contributed by atoms with Gasteiger partial charge in [-0.1, -0.05) is 25.4 Å². The molecule has 1 aliphatic rings. The van der Waals surface area contributed by atoms with Crippen LogP contribution in [0.5, 0.6) is 11.8 Å². The fraction of sp³-hybridized carbons (Fsp3) is 0.545. The van der Waals surface area contributed by atoms with Crippen molar-refractivity contribution in [2.45, 2.75) is 56.8 Å². The number of nitrogens with one attached hydrogen (secondary N) is 1. The molecular formula is C22H29ClN8O3S. The fourth-order valence-electron chi connectivity index (χ4n) is 3.90. The Morgan fingerprint density at radius 3 is 2.34 bits per heavy atom. The van der Waals surface area contributed by atoms with E-state index in [4.69, 9.17) is 25.8 Å². The maximum absolute atomic E-state index is 5.98. The van der Waals surface area contributed by atoms with Gasteiger partial charge < -0.3 is 14.2 Å². The van der Waals surface area contributed by atoms with Crippen molar-refractivity contribution in [3.8, 4) is 17.4 Å². The molecule has 188 valence electrons. The second kappa shape index (κ2) is 10.5. The summed E-state index contributed by atoms with van der Waals surface area (Å²) in [6.45, 7) is 8.81. The van der Waals surface area contributed by atoms with E-state index in [0.29, 0.717) is 46.7 Å². The molecule has 13 heteroatoms. The molecule has 4 rings (SSSR count). The topological polar surface area (TPSA) is 122 Å². The minimum absolute atomic E-state index is 0.0199. The summed E-state index contributed by atoms with van der Waals surface area (Å²) in [5.74, 6) is 2.69. The summed E-state index contributed by atoms with van der Waals surface area (Å²) in [6.07, 6.45) is 5.39. The Labute approximate surface area is 213 Å². The number of methoxy groups -OCH3 is 2. The Kier molecular flexibility index (Phi) is 7.62. The molecular weight excluding hydrogens is 492 g/mol. The highest BCUT2D eigenvalue weighted by Gasteiger charge is 2.37. The predicted molar refractivity (Wildman–Crippen MR) is 134 cm³/mol. The molecule has 0 amide bonds. The van der Waals surface area contributed by atoms with Gasteiger partial charge in [0, 0.05) is 29.5 Å². The van der Waals surface area contributed by atoms with E-state index in [1.54, 1.807) is 26.6 Å². The lowest BCUT2D eigenvalue weighted by Gasteiger charge is -2.20. The normalized spacial score (nSPS) is 18.8. The van der Waals surface area contributed by atoms with Crippen molar-refractivity contribution in [2.24, 2.45) is 0 Å². The van der Waals surface area contributed by atoms with Crippen molar-refractivity contribution in [3.05, 3.63) is 35.4 Å². The number of aromatic nitrogens is 7. The van der Waals surface area contributed by atoms with Crippen molar-refractivity contribution >= 4 is 29.5 Å². The summed E-state index contributed by atoms with van der Waals surface area (Å²) in [4.78, 5) is 17.3.